The Hall–Kier alpha value is -4.01. The summed E-state index contributed by atoms with van der Waals surface area (Å²) in [6.07, 6.45) is 2.94. The first-order valence-electron chi connectivity index (χ1n) is 13.2. The van der Waals surface area contributed by atoms with E-state index in [4.69, 9.17) is 9.47 Å². The summed E-state index contributed by atoms with van der Waals surface area (Å²) < 4.78 is 11.2. The third kappa shape index (κ3) is 6.19. The molecule has 9 heteroatoms. The number of hydrogen-bond acceptors (Lipinski definition) is 5. The quantitative estimate of drug-likeness (QED) is 0.602. The van der Waals surface area contributed by atoms with E-state index >= 15 is 0 Å². The van der Waals surface area contributed by atoms with Crippen molar-refractivity contribution in [1.29, 1.82) is 0 Å². The highest BCUT2D eigenvalue weighted by molar-refractivity contribution is 5.94. The summed E-state index contributed by atoms with van der Waals surface area (Å²) in [7, 11) is 3.18. The molecule has 9 nitrogen and oxygen atoms in total. The average molecular weight is 536 g/mol. The summed E-state index contributed by atoms with van der Waals surface area (Å²) in [6, 6.07) is 9.18. The van der Waals surface area contributed by atoms with Gasteiger partial charge in [-0.1, -0.05) is 30.2 Å². The van der Waals surface area contributed by atoms with Crippen molar-refractivity contribution in [3.05, 3.63) is 69.9 Å². The third-order valence-corrected chi connectivity index (χ3v) is 7.31. The molecule has 0 aromatic heterocycles. The normalized spacial score (nSPS) is 18.0. The predicted octanol–water partition coefficient (Wildman–Crippen LogP) is 4.57. The van der Waals surface area contributed by atoms with Crippen LogP contribution in [0.4, 0.5) is 4.79 Å². The molecule has 0 bridgehead atoms. The number of benzene rings is 2. The summed E-state index contributed by atoms with van der Waals surface area (Å²) in [6.45, 7) is 6.87. The highest BCUT2D eigenvalue weighted by atomic mass is 16.5. The highest BCUT2D eigenvalue weighted by Gasteiger charge is 2.32. The van der Waals surface area contributed by atoms with Crippen LogP contribution in [-0.4, -0.2) is 78.1 Å². The molecule has 1 unspecified atom stereocenters. The molecule has 2 aromatic rings. The van der Waals surface area contributed by atoms with Crippen molar-refractivity contribution in [1.82, 2.24) is 14.7 Å². The van der Waals surface area contributed by atoms with Crippen LogP contribution < -0.4 is 9.47 Å². The zero-order valence-electron chi connectivity index (χ0n) is 23.3. The lowest BCUT2D eigenvalue weighted by molar-refractivity contribution is -0.137. The minimum atomic E-state index is -1.08. The van der Waals surface area contributed by atoms with Crippen LogP contribution in [0.25, 0.3) is 0 Å². The van der Waals surface area contributed by atoms with Crippen LogP contribution in [0.1, 0.15) is 58.3 Å². The van der Waals surface area contributed by atoms with Crippen LogP contribution in [0.3, 0.4) is 0 Å². The molecule has 2 aromatic carbocycles. The van der Waals surface area contributed by atoms with Gasteiger partial charge in [0.1, 0.15) is 18.0 Å². The van der Waals surface area contributed by atoms with Gasteiger partial charge in [0.05, 0.1) is 20.8 Å². The molecular formula is C30H37N3O6. The SMILES string of the molecule is COc1cc2c(c(OC)c1)C(C)C=C1CCN(C(=O)c3cc(C)cc(C)c3)CCCN(CC(=O)O)C(=O)N1C2. The molecule has 4 rings (SSSR count). The first-order chi connectivity index (χ1) is 18.6. The maximum atomic E-state index is 13.8. The third-order valence-electron chi connectivity index (χ3n) is 7.31. The summed E-state index contributed by atoms with van der Waals surface area (Å²) in [4.78, 5) is 44.0. The molecule has 1 atom stereocenters. The monoisotopic (exact) mass is 535 g/mol. The Morgan fingerprint density at radius 2 is 1.72 bits per heavy atom. The molecule has 0 saturated carbocycles. The second-order valence-electron chi connectivity index (χ2n) is 10.3. The number of methoxy groups -OCH3 is 2. The minimum Gasteiger partial charge on any atom is -0.497 e. The van der Waals surface area contributed by atoms with Gasteiger partial charge in [-0.05, 0) is 44.0 Å². The van der Waals surface area contributed by atoms with Gasteiger partial charge in [-0.2, -0.15) is 0 Å². The van der Waals surface area contributed by atoms with Gasteiger partial charge in [0, 0.05) is 54.9 Å². The van der Waals surface area contributed by atoms with Crippen LogP contribution in [0.5, 0.6) is 11.5 Å². The van der Waals surface area contributed by atoms with Gasteiger partial charge < -0.3 is 24.4 Å². The van der Waals surface area contributed by atoms with E-state index in [1.54, 1.807) is 19.1 Å². The van der Waals surface area contributed by atoms with Crippen molar-refractivity contribution in [3.8, 4) is 11.5 Å². The van der Waals surface area contributed by atoms with Crippen molar-refractivity contribution in [2.45, 2.75) is 46.1 Å². The van der Waals surface area contributed by atoms with Crippen molar-refractivity contribution in [3.63, 3.8) is 0 Å². The second kappa shape index (κ2) is 11.8. The molecule has 1 N–H and O–H groups in total. The fraction of sp³-hybridized carbons (Fsp3) is 0.433. The van der Waals surface area contributed by atoms with E-state index in [2.05, 4.69) is 0 Å². The van der Waals surface area contributed by atoms with Gasteiger partial charge >= 0.3 is 12.0 Å². The topological polar surface area (TPSA) is 99.6 Å². The first-order valence-corrected chi connectivity index (χ1v) is 13.2. The number of carboxylic acid groups (broad SMARTS) is 1. The van der Waals surface area contributed by atoms with Gasteiger partial charge in [0.25, 0.3) is 5.91 Å². The lowest BCUT2D eigenvalue weighted by Crippen LogP contribution is -2.47. The smallest absolute Gasteiger partial charge is 0.325 e. The van der Waals surface area contributed by atoms with E-state index < -0.39 is 12.5 Å². The minimum absolute atomic E-state index is 0.0676. The molecule has 39 heavy (non-hydrogen) atoms. The largest absolute Gasteiger partial charge is 0.497 e. The number of carbonyl (C=O) groups is 3. The zero-order chi connectivity index (χ0) is 28.3. The molecule has 0 radical (unpaired) electrons. The Balaban J connectivity index is 1.74. The maximum Gasteiger partial charge on any atom is 0.325 e. The molecule has 2 aliphatic heterocycles. The Labute approximate surface area is 229 Å². The van der Waals surface area contributed by atoms with Crippen molar-refractivity contribution < 1.29 is 29.0 Å². The van der Waals surface area contributed by atoms with Crippen LogP contribution in [0.15, 0.2) is 42.1 Å². The Bertz CT molecular complexity index is 1280. The lowest BCUT2D eigenvalue weighted by Gasteiger charge is -2.34. The van der Waals surface area contributed by atoms with Gasteiger partial charge in [-0.25, -0.2) is 4.79 Å². The Kier molecular flexibility index (Phi) is 8.47. The van der Waals surface area contributed by atoms with E-state index in [0.717, 1.165) is 28.0 Å². The van der Waals surface area contributed by atoms with Crippen molar-refractivity contribution in [2.24, 2.45) is 0 Å². The number of nitrogens with zero attached hydrogens (tertiary/aromatic N) is 3. The first kappa shape index (κ1) is 28.0. The van der Waals surface area contributed by atoms with Crippen molar-refractivity contribution in [2.75, 3.05) is 40.4 Å². The van der Waals surface area contributed by atoms with E-state index in [9.17, 15) is 19.5 Å². The predicted molar refractivity (Wildman–Crippen MR) is 147 cm³/mol. The molecule has 3 amide bonds. The van der Waals surface area contributed by atoms with Crippen LogP contribution in [0, 0.1) is 13.8 Å². The summed E-state index contributed by atoms with van der Waals surface area (Å²) in [5.41, 5.74) is 5.24. The number of aryl methyl sites for hydroxylation is 2. The molecule has 208 valence electrons. The van der Waals surface area contributed by atoms with Crippen molar-refractivity contribution >= 4 is 17.9 Å². The number of aliphatic carboxylic acids is 1. The number of hydrogen-bond donors (Lipinski definition) is 1. The van der Waals surface area contributed by atoms with Crippen LogP contribution in [-0.2, 0) is 11.3 Å². The van der Waals surface area contributed by atoms with E-state index in [1.165, 1.54) is 4.90 Å². The molecule has 1 saturated heterocycles. The van der Waals surface area contributed by atoms with Crippen LogP contribution in [0.2, 0.25) is 0 Å². The number of fused-ring (bicyclic) bond motifs is 2. The van der Waals surface area contributed by atoms with Gasteiger partial charge in [0.15, 0.2) is 0 Å². The van der Waals surface area contributed by atoms with E-state index in [0.29, 0.717) is 43.0 Å². The number of ether oxygens (including phenoxy) is 2. The standard InChI is InChI=1S/C30H37N3O6/c1-19-11-20(2)13-22(12-19)29(36)31-8-6-9-32(18-27(34)35)30(37)33-17-23-15-25(38-4)16-26(39-5)28(23)21(3)14-24(33)7-10-31/h11-16,21H,6-10,17-18H2,1-5H3,(H,34,35). The molecular weight excluding hydrogens is 498 g/mol. The maximum absolute atomic E-state index is 13.8. The summed E-state index contributed by atoms with van der Waals surface area (Å²) in [5.74, 6) is 0.0404. The fourth-order valence-electron chi connectivity index (χ4n) is 5.61. The van der Waals surface area contributed by atoms with Crippen LogP contribution >= 0.6 is 0 Å². The molecule has 0 spiro atoms. The number of rotatable bonds is 5. The molecule has 2 aliphatic rings. The van der Waals surface area contributed by atoms with Gasteiger partial charge in [-0.3, -0.25) is 14.5 Å². The number of carbonyl (C=O) groups excluding carboxylic acids is 2. The zero-order valence-corrected chi connectivity index (χ0v) is 23.3. The number of carboxylic acids is 1. The highest BCUT2D eigenvalue weighted by Crippen LogP contribution is 2.39. The Morgan fingerprint density at radius 3 is 2.36 bits per heavy atom. The Morgan fingerprint density at radius 1 is 1.00 bits per heavy atom. The number of amides is 3. The molecule has 0 aliphatic carbocycles. The number of urea groups is 1. The molecule has 1 fully saturated rings. The average Bonchev–Trinajstić information content (AvgIpc) is 3.03. The number of allylic oxidation sites excluding steroid dienone is 1. The summed E-state index contributed by atoms with van der Waals surface area (Å²) >= 11 is 0. The van der Waals surface area contributed by atoms with Gasteiger partial charge in [-0.15, -0.1) is 0 Å². The van der Waals surface area contributed by atoms with Gasteiger partial charge in [0.2, 0.25) is 0 Å². The summed E-state index contributed by atoms with van der Waals surface area (Å²) in [5, 5.41) is 9.58. The van der Waals surface area contributed by atoms with E-state index in [1.807, 2.05) is 62.1 Å². The lowest BCUT2D eigenvalue weighted by atomic mass is 9.94. The van der Waals surface area contributed by atoms with E-state index in [-0.39, 0.29) is 30.9 Å². The second-order valence-corrected chi connectivity index (χ2v) is 10.3. The fourth-order valence-corrected chi connectivity index (χ4v) is 5.61. The molecule has 2 heterocycles.